The summed E-state index contributed by atoms with van der Waals surface area (Å²) >= 11 is 0. The number of aromatic nitrogens is 2. The number of allylic oxidation sites excluding steroid dienone is 1. The Labute approximate surface area is 113 Å². The fourth-order valence-electron chi connectivity index (χ4n) is 2.42. The molecule has 0 aliphatic carbocycles. The lowest BCUT2D eigenvalue weighted by atomic mass is 10.1. The molecule has 94 valence electrons. The Balaban J connectivity index is 2.28. The van der Waals surface area contributed by atoms with E-state index in [1.807, 2.05) is 18.3 Å². The summed E-state index contributed by atoms with van der Waals surface area (Å²) in [5, 5.41) is 1.18. The molecule has 0 spiro atoms. The second-order valence-electron chi connectivity index (χ2n) is 4.72. The van der Waals surface area contributed by atoms with Gasteiger partial charge in [-0.3, -0.25) is 0 Å². The predicted molar refractivity (Wildman–Crippen MR) is 80.1 cm³/mol. The maximum absolute atomic E-state index is 4.56. The molecule has 3 rings (SSSR count). The lowest BCUT2D eigenvalue weighted by Gasteiger charge is -2.07. The average Bonchev–Trinajstić information content (AvgIpc) is 2.78. The molecular weight excluding hydrogens is 232 g/mol. The molecule has 0 fully saturated rings. The first-order valence-corrected chi connectivity index (χ1v) is 6.42. The highest BCUT2D eigenvalue weighted by atomic mass is 15.0. The molecule has 0 amide bonds. The molecule has 0 unspecified atom stereocenters. The van der Waals surface area contributed by atoms with Crippen LogP contribution in [-0.2, 0) is 6.54 Å². The van der Waals surface area contributed by atoms with Crippen molar-refractivity contribution >= 4 is 11.0 Å². The Morgan fingerprint density at radius 1 is 1.21 bits per heavy atom. The van der Waals surface area contributed by atoms with Gasteiger partial charge in [0.2, 0.25) is 0 Å². The van der Waals surface area contributed by atoms with Gasteiger partial charge in [-0.1, -0.05) is 36.4 Å². The van der Waals surface area contributed by atoms with Crippen LogP contribution in [0.2, 0.25) is 0 Å². The third-order valence-corrected chi connectivity index (χ3v) is 3.25. The van der Waals surface area contributed by atoms with Crippen molar-refractivity contribution in [3.63, 3.8) is 0 Å². The average molecular weight is 248 g/mol. The molecule has 0 radical (unpaired) electrons. The van der Waals surface area contributed by atoms with Crippen molar-refractivity contribution in [2.45, 2.75) is 13.5 Å². The van der Waals surface area contributed by atoms with Gasteiger partial charge in [0.25, 0.3) is 0 Å². The fraction of sp³-hybridized carbons (Fsp3) is 0.118. The minimum atomic E-state index is 0.768. The highest BCUT2D eigenvalue weighted by Gasteiger charge is 2.10. The summed E-state index contributed by atoms with van der Waals surface area (Å²) in [6, 6.07) is 14.8. The van der Waals surface area contributed by atoms with Crippen LogP contribution in [0.5, 0.6) is 0 Å². The monoisotopic (exact) mass is 248 g/mol. The molecule has 2 heterocycles. The number of nitrogens with zero attached hydrogens (tertiary/aromatic N) is 2. The van der Waals surface area contributed by atoms with Crippen LogP contribution in [0, 0.1) is 6.92 Å². The second-order valence-corrected chi connectivity index (χ2v) is 4.72. The molecule has 0 saturated carbocycles. The molecule has 2 nitrogen and oxygen atoms in total. The zero-order valence-corrected chi connectivity index (χ0v) is 11.0. The maximum Gasteiger partial charge on any atom is 0.140 e. The number of fused-ring (bicyclic) bond motifs is 1. The van der Waals surface area contributed by atoms with Gasteiger partial charge in [-0.05, 0) is 30.2 Å². The van der Waals surface area contributed by atoms with Crippen LogP contribution in [-0.4, -0.2) is 9.55 Å². The first-order valence-electron chi connectivity index (χ1n) is 6.42. The predicted octanol–water partition coefficient (Wildman–Crippen LogP) is 4.20. The van der Waals surface area contributed by atoms with Crippen LogP contribution in [0.4, 0.5) is 0 Å². The quantitative estimate of drug-likeness (QED) is 0.635. The van der Waals surface area contributed by atoms with Gasteiger partial charge in [0.1, 0.15) is 5.65 Å². The van der Waals surface area contributed by atoms with Crippen LogP contribution in [0.3, 0.4) is 0 Å². The smallest absolute Gasteiger partial charge is 0.140 e. The SMILES string of the molecule is C=CCn1c(-c2ccccc2)cc2cc(C)cnc21. The molecule has 2 aromatic heterocycles. The van der Waals surface area contributed by atoms with Crippen molar-refractivity contribution in [1.82, 2.24) is 9.55 Å². The van der Waals surface area contributed by atoms with Crippen molar-refractivity contribution in [2.24, 2.45) is 0 Å². The third kappa shape index (κ3) is 2.06. The van der Waals surface area contributed by atoms with Crippen molar-refractivity contribution in [3.8, 4) is 11.3 Å². The van der Waals surface area contributed by atoms with E-state index in [1.54, 1.807) is 0 Å². The Kier molecular flexibility index (Phi) is 2.92. The van der Waals surface area contributed by atoms with E-state index in [4.69, 9.17) is 0 Å². The first-order chi connectivity index (χ1) is 9.29. The standard InChI is InChI=1S/C17H16N2/c1-3-9-19-16(14-7-5-4-6-8-14)11-15-10-13(2)12-18-17(15)19/h3-8,10-12H,1,9H2,2H3. The Hall–Kier alpha value is -2.35. The molecule has 19 heavy (non-hydrogen) atoms. The number of aryl methyl sites for hydroxylation is 1. The van der Waals surface area contributed by atoms with E-state index in [0.29, 0.717) is 0 Å². The largest absolute Gasteiger partial charge is 0.321 e. The molecule has 0 atom stereocenters. The summed E-state index contributed by atoms with van der Waals surface area (Å²) in [5.74, 6) is 0. The Bertz CT molecular complexity index is 724. The van der Waals surface area contributed by atoms with Crippen molar-refractivity contribution in [2.75, 3.05) is 0 Å². The van der Waals surface area contributed by atoms with E-state index in [-0.39, 0.29) is 0 Å². The van der Waals surface area contributed by atoms with Gasteiger partial charge < -0.3 is 4.57 Å². The number of hydrogen-bond donors (Lipinski definition) is 0. The lowest BCUT2D eigenvalue weighted by molar-refractivity contribution is 0.860. The minimum absolute atomic E-state index is 0.768. The molecule has 1 aromatic carbocycles. The summed E-state index contributed by atoms with van der Waals surface area (Å²) in [5.41, 5.74) is 4.60. The minimum Gasteiger partial charge on any atom is -0.321 e. The van der Waals surface area contributed by atoms with Crippen molar-refractivity contribution in [1.29, 1.82) is 0 Å². The molecule has 0 aliphatic heterocycles. The first kappa shape index (κ1) is 11.7. The van der Waals surface area contributed by atoms with Crippen LogP contribution >= 0.6 is 0 Å². The third-order valence-electron chi connectivity index (χ3n) is 3.25. The molecule has 0 bridgehead atoms. The van der Waals surface area contributed by atoms with E-state index in [2.05, 4.69) is 59.5 Å². The topological polar surface area (TPSA) is 17.8 Å². The van der Waals surface area contributed by atoms with E-state index >= 15 is 0 Å². The summed E-state index contributed by atoms with van der Waals surface area (Å²) in [6.07, 6.45) is 3.82. The zero-order valence-electron chi connectivity index (χ0n) is 11.0. The number of rotatable bonds is 3. The van der Waals surface area contributed by atoms with Crippen LogP contribution < -0.4 is 0 Å². The van der Waals surface area contributed by atoms with Gasteiger partial charge in [0, 0.05) is 18.1 Å². The Morgan fingerprint density at radius 3 is 2.74 bits per heavy atom. The van der Waals surface area contributed by atoms with Gasteiger partial charge in [0.05, 0.1) is 5.69 Å². The molecule has 0 N–H and O–H groups in total. The van der Waals surface area contributed by atoms with E-state index in [0.717, 1.165) is 12.2 Å². The molecular formula is C17H16N2. The van der Waals surface area contributed by atoms with Gasteiger partial charge in [-0.25, -0.2) is 4.98 Å². The zero-order chi connectivity index (χ0) is 13.2. The summed E-state index contributed by atoms with van der Waals surface area (Å²) in [7, 11) is 0. The fourth-order valence-corrected chi connectivity index (χ4v) is 2.42. The summed E-state index contributed by atoms with van der Waals surface area (Å²) in [4.78, 5) is 4.56. The van der Waals surface area contributed by atoms with Gasteiger partial charge in [-0.2, -0.15) is 0 Å². The van der Waals surface area contributed by atoms with E-state index in [9.17, 15) is 0 Å². The van der Waals surface area contributed by atoms with Crippen LogP contribution in [0.25, 0.3) is 22.3 Å². The molecule has 0 aliphatic rings. The molecule has 3 aromatic rings. The lowest BCUT2D eigenvalue weighted by Crippen LogP contribution is -1.98. The van der Waals surface area contributed by atoms with E-state index < -0.39 is 0 Å². The number of hydrogen-bond acceptors (Lipinski definition) is 1. The van der Waals surface area contributed by atoms with Crippen LogP contribution in [0.15, 0.2) is 61.3 Å². The second kappa shape index (κ2) is 4.73. The molecule has 0 saturated heterocycles. The number of benzene rings is 1. The highest BCUT2D eigenvalue weighted by molar-refractivity contribution is 5.84. The van der Waals surface area contributed by atoms with Gasteiger partial charge in [-0.15, -0.1) is 6.58 Å². The summed E-state index contributed by atoms with van der Waals surface area (Å²) in [6.45, 7) is 6.68. The van der Waals surface area contributed by atoms with Gasteiger partial charge >= 0.3 is 0 Å². The normalized spacial score (nSPS) is 10.8. The van der Waals surface area contributed by atoms with E-state index in [1.165, 1.54) is 22.2 Å². The number of pyridine rings is 1. The Morgan fingerprint density at radius 2 is 2.00 bits per heavy atom. The van der Waals surface area contributed by atoms with Crippen LogP contribution in [0.1, 0.15) is 5.56 Å². The summed E-state index contributed by atoms with van der Waals surface area (Å²) < 4.78 is 2.21. The maximum atomic E-state index is 4.56. The van der Waals surface area contributed by atoms with Crippen molar-refractivity contribution in [3.05, 3.63) is 66.9 Å². The molecule has 2 heteroatoms. The van der Waals surface area contributed by atoms with Gasteiger partial charge in [0.15, 0.2) is 0 Å². The highest BCUT2D eigenvalue weighted by Crippen LogP contribution is 2.27. The van der Waals surface area contributed by atoms with Crippen molar-refractivity contribution < 1.29 is 0 Å².